The number of halogens is 2. The van der Waals surface area contributed by atoms with Gasteiger partial charge in [-0.2, -0.15) is 5.10 Å². The summed E-state index contributed by atoms with van der Waals surface area (Å²) in [5.74, 6) is 0.418. The summed E-state index contributed by atoms with van der Waals surface area (Å²) >= 11 is 13.5. The van der Waals surface area contributed by atoms with Crippen LogP contribution in [0.1, 0.15) is 17.3 Å². The van der Waals surface area contributed by atoms with Gasteiger partial charge >= 0.3 is 0 Å². The average Bonchev–Trinajstić information content (AvgIpc) is 3.15. The second-order valence-electron chi connectivity index (χ2n) is 6.17. The van der Waals surface area contributed by atoms with Gasteiger partial charge in [-0.3, -0.25) is 4.79 Å². The van der Waals surface area contributed by atoms with Gasteiger partial charge in [0.2, 0.25) is 0 Å². The Morgan fingerprint density at radius 1 is 1.27 bits per heavy atom. The molecule has 0 aliphatic heterocycles. The Hall–Kier alpha value is -2.07. The van der Waals surface area contributed by atoms with Crippen LogP contribution in [0.3, 0.4) is 0 Å². The quantitative estimate of drug-likeness (QED) is 0.266. The van der Waals surface area contributed by atoms with E-state index in [0.29, 0.717) is 65.1 Å². The molecule has 0 atom stereocenters. The first-order valence-corrected chi connectivity index (χ1v) is 11.3. The van der Waals surface area contributed by atoms with E-state index >= 15 is 0 Å². The number of hydrogen-bond donors (Lipinski definition) is 2. The van der Waals surface area contributed by atoms with Crippen molar-refractivity contribution in [1.82, 2.24) is 25.1 Å². The molecule has 0 saturated carbocycles. The number of benzene rings is 1. The monoisotopic (exact) mass is 468 g/mol. The third kappa shape index (κ3) is 5.54. The minimum Gasteiger partial charge on any atom is -0.380 e. The van der Waals surface area contributed by atoms with Crippen LogP contribution in [0.5, 0.6) is 0 Å². The van der Waals surface area contributed by atoms with Crippen LogP contribution in [0.15, 0.2) is 29.6 Å². The molecule has 2 N–H and O–H groups in total. The normalized spacial score (nSPS) is 11.1. The van der Waals surface area contributed by atoms with Crippen LogP contribution in [-0.2, 0) is 11.3 Å². The van der Waals surface area contributed by atoms with Gasteiger partial charge in [-0.05, 0) is 31.4 Å². The van der Waals surface area contributed by atoms with E-state index in [1.165, 1.54) is 11.8 Å². The molecule has 0 saturated heterocycles. The second-order valence-corrected chi connectivity index (χ2v) is 7.78. The van der Waals surface area contributed by atoms with E-state index in [-0.39, 0.29) is 5.91 Å². The standard InChI is InChI=1S/C19H22Cl2N6O2S/c1-3-29-9-7-22-16-14-11-24-27(17(14)26-19(25-16)30-2)8-6-23-18(28)13-10-12(20)4-5-15(13)21/h4-5,10-11H,3,6-9H2,1-2H3,(H,23,28)(H,22,25,26). The molecule has 2 aromatic heterocycles. The largest absolute Gasteiger partial charge is 0.380 e. The number of ether oxygens (including phenoxy) is 1. The van der Waals surface area contributed by atoms with Gasteiger partial charge in [0.1, 0.15) is 5.82 Å². The number of aromatic nitrogens is 4. The minimum atomic E-state index is -0.295. The topological polar surface area (TPSA) is 94.0 Å². The lowest BCUT2D eigenvalue weighted by Gasteiger charge is -2.10. The van der Waals surface area contributed by atoms with Crippen molar-refractivity contribution in [3.8, 4) is 0 Å². The van der Waals surface area contributed by atoms with Crippen molar-refractivity contribution in [1.29, 1.82) is 0 Å². The molecule has 0 spiro atoms. The van der Waals surface area contributed by atoms with E-state index in [1.54, 1.807) is 29.1 Å². The lowest BCUT2D eigenvalue weighted by molar-refractivity contribution is 0.0952. The highest BCUT2D eigenvalue weighted by molar-refractivity contribution is 7.98. The zero-order valence-electron chi connectivity index (χ0n) is 16.6. The molecule has 0 aliphatic rings. The Balaban J connectivity index is 1.70. The van der Waals surface area contributed by atoms with E-state index in [1.807, 2.05) is 13.2 Å². The number of carbonyl (C=O) groups is 1. The number of amides is 1. The minimum absolute atomic E-state index is 0.295. The van der Waals surface area contributed by atoms with Crippen molar-refractivity contribution in [2.75, 3.05) is 37.9 Å². The maximum atomic E-state index is 12.4. The molecule has 0 bridgehead atoms. The Labute approximate surface area is 188 Å². The van der Waals surface area contributed by atoms with Gasteiger partial charge in [0.05, 0.1) is 35.3 Å². The van der Waals surface area contributed by atoms with Crippen LogP contribution >= 0.6 is 35.0 Å². The fourth-order valence-corrected chi connectivity index (χ4v) is 3.49. The van der Waals surface area contributed by atoms with Crippen LogP contribution in [0.2, 0.25) is 10.0 Å². The van der Waals surface area contributed by atoms with Crippen molar-refractivity contribution in [3.63, 3.8) is 0 Å². The SMILES string of the molecule is CCOCCNc1nc(SC)nc2c1cnn2CCNC(=O)c1cc(Cl)ccc1Cl. The van der Waals surface area contributed by atoms with Crippen molar-refractivity contribution >= 4 is 57.7 Å². The molecule has 1 amide bonds. The molecule has 3 rings (SSSR count). The Bertz CT molecular complexity index is 1030. The number of carbonyl (C=O) groups excluding carboxylic acids is 1. The molecule has 2 heterocycles. The molecule has 30 heavy (non-hydrogen) atoms. The summed E-state index contributed by atoms with van der Waals surface area (Å²) in [6, 6.07) is 4.78. The Morgan fingerprint density at radius 3 is 2.87 bits per heavy atom. The molecule has 3 aromatic rings. The van der Waals surface area contributed by atoms with Crippen molar-refractivity contribution < 1.29 is 9.53 Å². The van der Waals surface area contributed by atoms with Crippen LogP contribution in [0, 0.1) is 0 Å². The Morgan fingerprint density at radius 2 is 2.10 bits per heavy atom. The number of hydrogen-bond acceptors (Lipinski definition) is 7. The van der Waals surface area contributed by atoms with Gasteiger partial charge in [0.15, 0.2) is 10.8 Å². The number of thioether (sulfide) groups is 1. The number of fused-ring (bicyclic) bond motifs is 1. The number of rotatable bonds is 10. The highest BCUT2D eigenvalue weighted by Crippen LogP contribution is 2.23. The summed E-state index contributed by atoms with van der Waals surface area (Å²) in [4.78, 5) is 21.5. The van der Waals surface area contributed by atoms with Crippen molar-refractivity contribution in [2.24, 2.45) is 0 Å². The summed E-state index contributed by atoms with van der Waals surface area (Å²) in [7, 11) is 0. The van der Waals surface area contributed by atoms with Gasteiger partial charge in [0, 0.05) is 24.7 Å². The van der Waals surface area contributed by atoms with Gasteiger partial charge < -0.3 is 15.4 Å². The van der Waals surface area contributed by atoms with Crippen molar-refractivity contribution in [2.45, 2.75) is 18.6 Å². The summed E-state index contributed by atoms with van der Waals surface area (Å²) < 4.78 is 7.11. The number of nitrogens with zero attached hydrogens (tertiary/aromatic N) is 4. The number of nitrogens with one attached hydrogen (secondary N) is 2. The molecule has 0 aliphatic carbocycles. The first kappa shape index (κ1) is 22.6. The smallest absolute Gasteiger partial charge is 0.252 e. The van der Waals surface area contributed by atoms with Crippen LogP contribution in [0.25, 0.3) is 11.0 Å². The molecular formula is C19H22Cl2N6O2S. The zero-order chi connectivity index (χ0) is 21.5. The fraction of sp³-hybridized carbons (Fsp3) is 0.368. The molecule has 8 nitrogen and oxygen atoms in total. The molecule has 0 radical (unpaired) electrons. The third-order valence-electron chi connectivity index (χ3n) is 4.18. The first-order chi connectivity index (χ1) is 14.5. The van der Waals surface area contributed by atoms with Gasteiger partial charge in [0.25, 0.3) is 5.91 Å². The molecule has 1 aromatic carbocycles. The second kappa shape index (κ2) is 10.8. The fourth-order valence-electron chi connectivity index (χ4n) is 2.75. The maximum absolute atomic E-state index is 12.4. The zero-order valence-corrected chi connectivity index (χ0v) is 18.9. The number of anilines is 1. The molecule has 160 valence electrons. The summed E-state index contributed by atoms with van der Waals surface area (Å²) in [5, 5.41) is 12.8. The lowest BCUT2D eigenvalue weighted by atomic mass is 10.2. The summed E-state index contributed by atoms with van der Waals surface area (Å²) in [6.45, 7) is 4.64. The van der Waals surface area contributed by atoms with E-state index < -0.39 is 0 Å². The average molecular weight is 469 g/mol. The first-order valence-electron chi connectivity index (χ1n) is 9.36. The lowest BCUT2D eigenvalue weighted by Crippen LogP contribution is -2.27. The van der Waals surface area contributed by atoms with Gasteiger partial charge in [-0.1, -0.05) is 35.0 Å². The highest BCUT2D eigenvalue weighted by atomic mass is 35.5. The molecular weight excluding hydrogens is 447 g/mol. The van der Waals surface area contributed by atoms with Gasteiger partial charge in [-0.25, -0.2) is 14.6 Å². The van der Waals surface area contributed by atoms with E-state index in [9.17, 15) is 4.79 Å². The predicted molar refractivity (Wildman–Crippen MR) is 121 cm³/mol. The highest BCUT2D eigenvalue weighted by Gasteiger charge is 2.14. The molecule has 0 unspecified atom stereocenters. The Kier molecular flexibility index (Phi) is 8.15. The maximum Gasteiger partial charge on any atom is 0.252 e. The van der Waals surface area contributed by atoms with Crippen LogP contribution in [-0.4, -0.2) is 58.2 Å². The predicted octanol–water partition coefficient (Wildman–Crippen LogP) is 3.73. The van der Waals surface area contributed by atoms with Gasteiger partial charge in [-0.15, -0.1) is 0 Å². The van der Waals surface area contributed by atoms with E-state index in [2.05, 4.69) is 25.7 Å². The van der Waals surface area contributed by atoms with E-state index in [0.717, 1.165) is 5.39 Å². The summed E-state index contributed by atoms with van der Waals surface area (Å²) in [5.41, 5.74) is 1.03. The van der Waals surface area contributed by atoms with E-state index in [4.69, 9.17) is 27.9 Å². The van der Waals surface area contributed by atoms with Crippen LogP contribution in [0.4, 0.5) is 5.82 Å². The molecule has 11 heteroatoms. The third-order valence-corrected chi connectivity index (χ3v) is 5.30. The van der Waals surface area contributed by atoms with Crippen molar-refractivity contribution in [3.05, 3.63) is 40.0 Å². The molecule has 0 fully saturated rings. The van der Waals surface area contributed by atoms with Crippen LogP contribution < -0.4 is 10.6 Å². The summed E-state index contributed by atoms with van der Waals surface area (Å²) in [6.07, 6.45) is 3.64.